The van der Waals surface area contributed by atoms with Crippen molar-refractivity contribution in [3.63, 3.8) is 0 Å². The molecule has 2 aromatic carbocycles. The number of likely N-dealkylation sites (tertiary alicyclic amines) is 1. The maximum Gasteiger partial charge on any atom is 0.255 e. The fourth-order valence-corrected chi connectivity index (χ4v) is 3.22. The predicted molar refractivity (Wildman–Crippen MR) is 103 cm³/mol. The molecule has 0 aliphatic carbocycles. The molecule has 2 amide bonds. The molecule has 0 spiro atoms. The summed E-state index contributed by atoms with van der Waals surface area (Å²) in [6.45, 7) is 1.67. The molecule has 1 N–H and O–H groups in total. The molecule has 1 aliphatic heterocycles. The fourth-order valence-electron chi connectivity index (χ4n) is 2.96. The van der Waals surface area contributed by atoms with Gasteiger partial charge in [0.25, 0.3) is 11.8 Å². The normalized spacial score (nSPS) is 14.7. The first-order valence-electron chi connectivity index (χ1n) is 8.60. The number of anilines is 1. The lowest BCUT2D eigenvalue weighted by atomic mass is 10.1. The minimum Gasteiger partial charge on any atom is -0.339 e. The van der Waals surface area contributed by atoms with Gasteiger partial charge < -0.3 is 10.2 Å². The third kappa shape index (κ3) is 4.69. The first kappa shape index (κ1) is 17.7. The van der Waals surface area contributed by atoms with Gasteiger partial charge in [-0.15, -0.1) is 0 Å². The van der Waals surface area contributed by atoms with E-state index in [0.717, 1.165) is 30.4 Å². The molecule has 5 heteroatoms. The molecular weight excluding hydrogens is 380 g/mol. The van der Waals surface area contributed by atoms with Crippen molar-refractivity contribution in [2.75, 3.05) is 18.4 Å². The predicted octanol–water partition coefficient (Wildman–Crippen LogP) is 4.72. The first-order valence-corrected chi connectivity index (χ1v) is 9.39. The van der Waals surface area contributed by atoms with Crippen LogP contribution in [0.2, 0.25) is 0 Å². The zero-order valence-corrected chi connectivity index (χ0v) is 15.6. The van der Waals surface area contributed by atoms with Crippen LogP contribution in [0.4, 0.5) is 5.69 Å². The van der Waals surface area contributed by atoms with Crippen molar-refractivity contribution in [2.45, 2.75) is 25.7 Å². The van der Waals surface area contributed by atoms with Crippen LogP contribution >= 0.6 is 15.9 Å². The minimum absolute atomic E-state index is 0.0766. The van der Waals surface area contributed by atoms with E-state index in [0.29, 0.717) is 16.8 Å². The van der Waals surface area contributed by atoms with Gasteiger partial charge in [0.15, 0.2) is 0 Å². The van der Waals surface area contributed by atoms with Crippen LogP contribution in [0.3, 0.4) is 0 Å². The first-order chi connectivity index (χ1) is 12.1. The van der Waals surface area contributed by atoms with Crippen molar-refractivity contribution in [1.82, 2.24) is 4.90 Å². The van der Waals surface area contributed by atoms with Gasteiger partial charge in [0.1, 0.15) is 0 Å². The van der Waals surface area contributed by atoms with Crippen LogP contribution in [0.5, 0.6) is 0 Å². The third-order valence-electron chi connectivity index (χ3n) is 4.39. The number of benzene rings is 2. The Morgan fingerprint density at radius 3 is 1.96 bits per heavy atom. The lowest BCUT2D eigenvalue weighted by Crippen LogP contribution is -2.31. The van der Waals surface area contributed by atoms with Gasteiger partial charge in [0.2, 0.25) is 0 Å². The highest BCUT2D eigenvalue weighted by Gasteiger charge is 2.17. The summed E-state index contributed by atoms with van der Waals surface area (Å²) in [6.07, 6.45) is 4.55. The van der Waals surface area contributed by atoms with Gasteiger partial charge in [-0.1, -0.05) is 28.8 Å². The Kier molecular flexibility index (Phi) is 5.87. The summed E-state index contributed by atoms with van der Waals surface area (Å²) < 4.78 is 0.931. The Balaban J connectivity index is 1.64. The second kappa shape index (κ2) is 8.30. The molecule has 3 rings (SSSR count). The van der Waals surface area contributed by atoms with Crippen LogP contribution in [0.15, 0.2) is 53.0 Å². The topological polar surface area (TPSA) is 49.4 Å². The van der Waals surface area contributed by atoms with E-state index in [1.54, 1.807) is 36.4 Å². The van der Waals surface area contributed by atoms with Gasteiger partial charge in [0.05, 0.1) is 0 Å². The third-order valence-corrected chi connectivity index (χ3v) is 4.92. The molecule has 2 aromatic rings. The van der Waals surface area contributed by atoms with Crippen molar-refractivity contribution in [3.05, 3.63) is 64.1 Å². The Hall–Kier alpha value is -2.14. The molecule has 0 bridgehead atoms. The van der Waals surface area contributed by atoms with E-state index >= 15 is 0 Å². The van der Waals surface area contributed by atoms with E-state index in [1.165, 1.54) is 12.8 Å². The van der Waals surface area contributed by atoms with Crippen LogP contribution in [-0.4, -0.2) is 29.8 Å². The van der Waals surface area contributed by atoms with Crippen molar-refractivity contribution >= 4 is 33.4 Å². The van der Waals surface area contributed by atoms with E-state index < -0.39 is 0 Å². The second-order valence-corrected chi connectivity index (χ2v) is 7.16. The van der Waals surface area contributed by atoms with Crippen LogP contribution in [-0.2, 0) is 0 Å². The van der Waals surface area contributed by atoms with Gasteiger partial charge in [0, 0.05) is 34.4 Å². The number of hydrogen-bond acceptors (Lipinski definition) is 2. The molecule has 0 aromatic heterocycles. The molecule has 1 aliphatic rings. The summed E-state index contributed by atoms with van der Waals surface area (Å²) in [4.78, 5) is 26.7. The Bertz CT molecular complexity index is 733. The number of rotatable bonds is 3. The van der Waals surface area contributed by atoms with Crippen molar-refractivity contribution in [1.29, 1.82) is 0 Å². The summed E-state index contributed by atoms with van der Waals surface area (Å²) >= 11 is 3.35. The molecule has 0 saturated carbocycles. The largest absolute Gasteiger partial charge is 0.339 e. The van der Waals surface area contributed by atoms with Crippen molar-refractivity contribution in [3.8, 4) is 0 Å². The van der Waals surface area contributed by atoms with Gasteiger partial charge in [-0.2, -0.15) is 0 Å². The number of amides is 2. The Labute approximate surface area is 156 Å². The van der Waals surface area contributed by atoms with E-state index in [2.05, 4.69) is 21.2 Å². The molecule has 0 atom stereocenters. The molecule has 130 valence electrons. The second-order valence-electron chi connectivity index (χ2n) is 6.24. The van der Waals surface area contributed by atoms with Gasteiger partial charge in [-0.25, -0.2) is 0 Å². The smallest absolute Gasteiger partial charge is 0.255 e. The van der Waals surface area contributed by atoms with E-state index in [4.69, 9.17) is 0 Å². The molecule has 1 fully saturated rings. The Morgan fingerprint density at radius 2 is 1.36 bits per heavy atom. The molecule has 0 radical (unpaired) electrons. The average Bonchev–Trinajstić information content (AvgIpc) is 2.92. The molecule has 1 saturated heterocycles. The van der Waals surface area contributed by atoms with E-state index in [-0.39, 0.29) is 11.8 Å². The zero-order valence-electron chi connectivity index (χ0n) is 14.0. The molecular formula is C20H21BrN2O2. The van der Waals surface area contributed by atoms with Crippen molar-refractivity contribution in [2.24, 2.45) is 0 Å². The maximum absolute atomic E-state index is 12.6. The summed E-state index contributed by atoms with van der Waals surface area (Å²) in [5.41, 5.74) is 1.94. The van der Waals surface area contributed by atoms with Gasteiger partial charge in [-0.05, 0) is 61.4 Å². The van der Waals surface area contributed by atoms with E-state index in [9.17, 15) is 9.59 Å². The standard InChI is InChI=1S/C20H21BrN2O2/c21-17-9-5-15(6-10-17)19(24)22-18-11-7-16(8-12-18)20(25)23-13-3-1-2-4-14-23/h5-12H,1-4,13-14H2,(H,22,24). The van der Waals surface area contributed by atoms with Gasteiger partial charge in [-0.3, -0.25) is 9.59 Å². The van der Waals surface area contributed by atoms with Crippen LogP contribution < -0.4 is 5.32 Å². The highest BCUT2D eigenvalue weighted by atomic mass is 79.9. The summed E-state index contributed by atoms with van der Waals surface area (Å²) in [5.74, 6) is -0.0909. The molecule has 25 heavy (non-hydrogen) atoms. The molecule has 1 heterocycles. The number of halogens is 1. The number of nitrogens with one attached hydrogen (secondary N) is 1. The molecule has 4 nitrogen and oxygen atoms in total. The minimum atomic E-state index is -0.168. The lowest BCUT2D eigenvalue weighted by molar-refractivity contribution is 0.0761. The van der Waals surface area contributed by atoms with Crippen LogP contribution in [0.25, 0.3) is 0 Å². The summed E-state index contributed by atoms with van der Waals surface area (Å²) in [6, 6.07) is 14.3. The molecule has 0 unspecified atom stereocenters. The van der Waals surface area contributed by atoms with Crippen LogP contribution in [0.1, 0.15) is 46.4 Å². The van der Waals surface area contributed by atoms with Crippen LogP contribution in [0, 0.1) is 0 Å². The fraction of sp³-hybridized carbons (Fsp3) is 0.300. The quantitative estimate of drug-likeness (QED) is 0.809. The number of nitrogens with zero attached hydrogens (tertiary/aromatic N) is 1. The lowest BCUT2D eigenvalue weighted by Gasteiger charge is -2.20. The Morgan fingerprint density at radius 1 is 0.800 bits per heavy atom. The highest BCUT2D eigenvalue weighted by Crippen LogP contribution is 2.17. The number of hydrogen-bond donors (Lipinski definition) is 1. The highest BCUT2D eigenvalue weighted by molar-refractivity contribution is 9.10. The zero-order chi connectivity index (χ0) is 17.6. The summed E-state index contributed by atoms with van der Waals surface area (Å²) in [5, 5.41) is 2.85. The average molecular weight is 401 g/mol. The SMILES string of the molecule is O=C(Nc1ccc(C(=O)N2CCCCCC2)cc1)c1ccc(Br)cc1. The summed E-state index contributed by atoms with van der Waals surface area (Å²) in [7, 11) is 0. The van der Waals surface area contributed by atoms with Crippen molar-refractivity contribution < 1.29 is 9.59 Å². The maximum atomic E-state index is 12.6. The monoisotopic (exact) mass is 400 g/mol. The number of carbonyl (C=O) groups is 2. The number of carbonyl (C=O) groups excluding carboxylic acids is 2. The van der Waals surface area contributed by atoms with Gasteiger partial charge >= 0.3 is 0 Å². The van der Waals surface area contributed by atoms with E-state index in [1.807, 2.05) is 17.0 Å².